The van der Waals surface area contributed by atoms with Crippen molar-refractivity contribution >= 4 is 44.3 Å². The average molecular weight is 448 g/mol. The number of nitrogens with zero attached hydrogens (tertiary/aromatic N) is 1. The maximum Gasteiger partial charge on any atom is 0.387 e. The van der Waals surface area contributed by atoms with Crippen LogP contribution in [0.3, 0.4) is 0 Å². The molecule has 1 N–H and O–H groups in total. The third kappa shape index (κ3) is 4.78. The smallest absolute Gasteiger partial charge is 0.387 e. The molecule has 0 aromatic heterocycles. The van der Waals surface area contributed by atoms with Crippen molar-refractivity contribution in [2.75, 3.05) is 11.5 Å². The number of Topliss-reactive ketones (excluding diaryl/α,β-unsaturated/α-hetero) is 2. The zero-order valence-electron chi connectivity index (χ0n) is 15.5. The Kier molecular flexibility index (Phi) is 6.58. The molecule has 158 valence electrons. The van der Waals surface area contributed by atoms with Crippen LogP contribution in [0.4, 0.5) is 14.5 Å². The van der Waals surface area contributed by atoms with E-state index in [1.807, 2.05) is 0 Å². The van der Waals surface area contributed by atoms with E-state index < -0.39 is 33.7 Å². The highest BCUT2D eigenvalue weighted by Gasteiger charge is 2.30. The SMILES string of the molecule is O=C1CCCC(=O)C1=C(O)c1ccc(OC(F)F)c(N=S2(=O)CCCCC2)c1Cl. The van der Waals surface area contributed by atoms with Gasteiger partial charge in [-0.15, -0.1) is 0 Å². The molecule has 10 heteroatoms. The van der Waals surface area contributed by atoms with E-state index in [0.717, 1.165) is 12.5 Å². The minimum atomic E-state index is -3.16. The summed E-state index contributed by atoms with van der Waals surface area (Å²) in [7, 11) is -2.73. The van der Waals surface area contributed by atoms with Crippen molar-refractivity contribution in [1.29, 1.82) is 0 Å². The Labute approximate surface area is 172 Å². The highest BCUT2D eigenvalue weighted by atomic mass is 35.5. The van der Waals surface area contributed by atoms with Crippen molar-refractivity contribution in [3.63, 3.8) is 0 Å². The number of carbonyl (C=O) groups is 2. The predicted molar refractivity (Wildman–Crippen MR) is 105 cm³/mol. The lowest BCUT2D eigenvalue weighted by Gasteiger charge is -2.19. The molecule has 0 bridgehead atoms. The van der Waals surface area contributed by atoms with Gasteiger partial charge in [0.05, 0.1) is 14.8 Å². The topological polar surface area (TPSA) is 93.0 Å². The van der Waals surface area contributed by atoms with Crippen LogP contribution >= 0.6 is 11.6 Å². The maximum absolute atomic E-state index is 13.0. The van der Waals surface area contributed by atoms with Gasteiger partial charge in [-0.05, 0) is 31.4 Å². The van der Waals surface area contributed by atoms with Gasteiger partial charge >= 0.3 is 6.61 Å². The van der Waals surface area contributed by atoms with Gasteiger partial charge in [-0.3, -0.25) is 9.59 Å². The number of alkyl halides is 2. The van der Waals surface area contributed by atoms with Gasteiger partial charge in [-0.1, -0.05) is 18.0 Å². The monoisotopic (exact) mass is 447 g/mol. The Morgan fingerprint density at radius 3 is 2.31 bits per heavy atom. The molecule has 1 aromatic carbocycles. The third-order valence-corrected chi connectivity index (χ3v) is 7.59. The number of allylic oxidation sites excluding steroid dienone is 1. The first-order valence-corrected chi connectivity index (χ1v) is 11.4. The fourth-order valence-electron chi connectivity index (χ4n) is 3.41. The molecular weight excluding hydrogens is 428 g/mol. The van der Waals surface area contributed by atoms with Crippen LogP contribution < -0.4 is 4.74 Å². The van der Waals surface area contributed by atoms with Crippen LogP contribution in [0, 0.1) is 0 Å². The molecule has 0 unspecified atom stereocenters. The number of carbonyl (C=O) groups excluding carboxylic acids is 2. The van der Waals surface area contributed by atoms with E-state index >= 15 is 0 Å². The van der Waals surface area contributed by atoms with Gasteiger partial charge in [0.25, 0.3) is 0 Å². The number of aliphatic hydroxyl groups excluding tert-OH is 1. The molecule has 0 atom stereocenters. The third-order valence-electron chi connectivity index (χ3n) is 4.84. The van der Waals surface area contributed by atoms with Gasteiger partial charge in [0.15, 0.2) is 17.3 Å². The number of rotatable bonds is 4. The summed E-state index contributed by atoms with van der Waals surface area (Å²) in [6.45, 7) is -3.16. The Balaban J connectivity index is 2.18. The molecule has 1 saturated heterocycles. The normalized spacial score (nSPS) is 19.4. The zero-order valence-corrected chi connectivity index (χ0v) is 17.0. The Morgan fingerprint density at radius 1 is 1.10 bits per heavy atom. The second kappa shape index (κ2) is 8.79. The Bertz CT molecular complexity index is 969. The predicted octanol–water partition coefficient (Wildman–Crippen LogP) is 4.82. The lowest BCUT2D eigenvalue weighted by Crippen LogP contribution is -2.20. The molecule has 1 aliphatic heterocycles. The molecule has 0 amide bonds. The van der Waals surface area contributed by atoms with Crippen molar-refractivity contribution in [3.05, 3.63) is 28.3 Å². The van der Waals surface area contributed by atoms with Crippen LogP contribution in [-0.2, 0) is 19.3 Å². The zero-order chi connectivity index (χ0) is 21.2. The highest BCUT2D eigenvalue weighted by molar-refractivity contribution is 7.93. The average Bonchev–Trinajstić information content (AvgIpc) is 2.64. The number of hydrogen-bond donors (Lipinski definition) is 1. The number of benzene rings is 1. The van der Waals surface area contributed by atoms with Crippen LogP contribution in [0.25, 0.3) is 5.76 Å². The molecule has 2 fully saturated rings. The van der Waals surface area contributed by atoms with E-state index in [1.165, 1.54) is 6.07 Å². The van der Waals surface area contributed by atoms with Crippen molar-refractivity contribution in [1.82, 2.24) is 0 Å². The number of halogens is 3. The molecule has 1 aromatic rings. The first-order valence-electron chi connectivity index (χ1n) is 9.22. The molecule has 1 heterocycles. The Morgan fingerprint density at radius 2 is 1.72 bits per heavy atom. The summed E-state index contributed by atoms with van der Waals surface area (Å²) in [6.07, 6.45) is 2.89. The van der Waals surface area contributed by atoms with Gasteiger partial charge in [0, 0.05) is 29.9 Å². The molecule has 29 heavy (non-hydrogen) atoms. The lowest BCUT2D eigenvalue weighted by atomic mass is 9.89. The standard InChI is InChI=1S/C19H20ClF2NO5S/c20-16-11(18(26)15-12(24)5-4-6-13(15)25)7-8-14(28-19(21)22)17(16)23-29(27)9-2-1-3-10-29/h7-8,19,26H,1-6,9-10H2. The van der Waals surface area contributed by atoms with Crippen molar-refractivity contribution in [2.24, 2.45) is 4.36 Å². The van der Waals surface area contributed by atoms with Crippen LogP contribution in [-0.4, -0.2) is 39.0 Å². The van der Waals surface area contributed by atoms with E-state index in [9.17, 15) is 27.7 Å². The minimum absolute atomic E-state index is 0.111. The van der Waals surface area contributed by atoms with Gasteiger partial charge in [-0.25, -0.2) is 4.21 Å². The van der Waals surface area contributed by atoms with E-state index in [0.29, 0.717) is 30.8 Å². The first kappa shape index (κ1) is 21.7. The second-order valence-electron chi connectivity index (χ2n) is 6.91. The lowest BCUT2D eigenvalue weighted by molar-refractivity contribution is -0.123. The highest BCUT2D eigenvalue weighted by Crippen LogP contribution is 2.43. The van der Waals surface area contributed by atoms with E-state index in [4.69, 9.17) is 11.6 Å². The molecule has 6 nitrogen and oxygen atoms in total. The summed E-state index contributed by atoms with van der Waals surface area (Å²) >= 11 is 6.33. The molecular formula is C19H20ClF2NO5S. The summed E-state index contributed by atoms with van der Waals surface area (Å²) in [5.41, 5.74) is -0.767. The molecule has 0 radical (unpaired) electrons. The van der Waals surface area contributed by atoms with Gasteiger partial charge < -0.3 is 9.84 Å². The Hall–Kier alpha value is -2.00. The number of hydrogen-bond acceptors (Lipinski definition) is 6. The molecule has 0 spiro atoms. The molecule has 3 rings (SSSR count). The molecule has 1 saturated carbocycles. The van der Waals surface area contributed by atoms with Crippen LogP contribution in [0.5, 0.6) is 5.75 Å². The summed E-state index contributed by atoms with van der Waals surface area (Å²) in [4.78, 5) is 24.2. The number of aliphatic hydroxyl groups is 1. The van der Waals surface area contributed by atoms with Gasteiger partial charge in [0.2, 0.25) is 0 Å². The van der Waals surface area contributed by atoms with E-state index in [1.54, 1.807) is 0 Å². The van der Waals surface area contributed by atoms with Crippen LogP contribution in [0.1, 0.15) is 44.1 Å². The minimum Gasteiger partial charge on any atom is -0.506 e. The van der Waals surface area contributed by atoms with Crippen molar-refractivity contribution in [2.45, 2.75) is 45.1 Å². The summed E-state index contributed by atoms with van der Waals surface area (Å²) in [6, 6.07) is 2.27. The van der Waals surface area contributed by atoms with Crippen LogP contribution in [0.2, 0.25) is 5.02 Å². The quantitative estimate of drug-likeness (QED) is 0.406. The number of ketones is 2. The largest absolute Gasteiger partial charge is 0.506 e. The van der Waals surface area contributed by atoms with Crippen molar-refractivity contribution in [3.8, 4) is 5.75 Å². The number of ether oxygens (including phenoxy) is 1. The van der Waals surface area contributed by atoms with Gasteiger partial charge in [0.1, 0.15) is 17.0 Å². The van der Waals surface area contributed by atoms with Crippen LogP contribution in [0.15, 0.2) is 22.1 Å². The fourth-order valence-corrected chi connectivity index (χ4v) is 5.96. The van der Waals surface area contributed by atoms with Crippen molar-refractivity contribution < 1.29 is 32.4 Å². The van der Waals surface area contributed by atoms with Gasteiger partial charge in [-0.2, -0.15) is 13.1 Å². The summed E-state index contributed by atoms with van der Waals surface area (Å²) in [5, 5.41) is 10.3. The van der Waals surface area contributed by atoms with E-state index in [2.05, 4.69) is 9.10 Å². The maximum atomic E-state index is 13.0. The molecule has 1 aliphatic carbocycles. The fraction of sp³-hybridized carbons (Fsp3) is 0.474. The summed E-state index contributed by atoms with van der Waals surface area (Å²) in [5.74, 6) is -1.46. The second-order valence-corrected chi connectivity index (χ2v) is 9.83. The molecule has 2 aliphatic rings. The summed E-state index contributed by atoms with van der Waals surface area (Å²) < 4.78 is 47.3. The first-order chi connectivity index (χ1) is 13.7. The van der Waals surface area contributed by atoms with E-state index in [-0.39, 0.29) is 40.4 Å².